The minimum atomic E-state index is -2.73. The smallest absolute Gasteiger partial charge is 0.280 e. The molecule has 1 aromatic heterocycles. The Morgan fingerprint density at radius 2 is 2.00 bits per heavy atom. The monoisotopic (exact) mass is 353 g/mol. The molecule has 0 saturated carbocycles. The van der Waals surface area contributed by atoms with Crippen molar-refractivity contribution in [3.8, 4) is 0 Å². The average Bonchev–Trinajstić information content (AvgIpc) is 2.62. The van der Waals surface area contributed by atoms with E-state index in [9.17, 15) is 8.78 Å². The van der Waals surface area contributed by atoms with Crippen LogP contribution in [0.3, 0.4) is 0 Å². The average molecular weight is 353 g/mol. The maximum Gasteiger partial charge on any atom is 0.280 e. The lowest BCUT2D eigenvalue weighted by Crippen LogP contribution is -2.44. The van der Waals surface area contributed by atoms with Crippen molar-refractivity contribution in [3.05, 3.63) is 12.4 Å². The summed E-state index contributed by atoms with van der Waals surface area (Å²) in [4.78, 5) is 20.8. The van der Waals surface area contributed by atoms with Crippen LogP contribution in [-0.4, -0.2) is 73.9 Å². The van der Waals surface area contributed by atoms with Gasteiger partial charge in [0.05, 0.1) is 0 Å². The van der Waals surface area contributed by atoms with E-state index in [2.05, 4.69) is 31.8 Å². The molecule has 0 atom stereocenters. The number of aliphatic imine (C=N–C) groups is 1. The van der Waals surface area contributed by atoms with Gasteiger partial charge in [-0.3, -0.25) is 4.99 Å². The van der Waals surface area contributed by atoms with Crippen LogP contribution in [-0.2, 0) is 0 Å². The Bertz CT molecular complexity index is 627. The first-order valence-electron chi connectivity index (χ1n) is 8.35. The molecule has 1 aliphatic heterocycles. The van der Waals surface area contributed by atoms with Gasteiger partial charge in [-0.1, -0.05) is 13.5 Å². The number of nitrogens with zero attached hydrogens (tertiary/aromatic N) is 6. The van der Waals surface area contributed by atoms with Gasteiger partial charge < -0.3 is 15.1 Å². The van der Waals surface area contributed by atoms with Crippen molar-refractivity contribution >= 4 is 23.2 Å². The van der Waals surface area contributed by atoms with Crippen LogP contribution in [0.1, 0.15) is 19.2 Å². The third-order valence-corrected chi connectivity index (χ3v) is 3.94. The van der Waals surface area contributed by atoms with E-state index in [1.165, 1.54) is 7.05 Å². The third kappa shape index (κ3) is 4.68. The molecule has 2 rings (SSSR count). The van der Waals surface area contributed by atoms with Crippen LogP contribution < -0.4 is 15.1 Å². The first-order chi connectivity index (χ1) is 12.0. The maximum atomic E-state index is 13.2. The fourth-order valence-electron chi connectivity index (χ4n) is 2.58. The Balaban J connectivity index is 2.43. The lowest BCUT2D eigenvalue weighted by atomic mass is 10.1. The SMILES string of the molecule is C=C(C(=NC)C(F)F)c1nc(N(C)CCC)nc(N2CCNCC2)n1. The Labute approximate surface area is 146 Å². The van der Waals surface area contributed by atoms with E-state index >= 15 is 0 Å². The summed E-state index contributed by atoms with van der Waals surface area (Å²) in [6.07, 6.45) is -1.81. The number of nitrogens with one attached hydrogen (secondary N) is 1. The van der Waals surface area contributed by atoms with Gasteiger partial charge >= 0.3 is 0 Å². The summed E-state index contributed by atoms with van der Waals surface area (Å²) >= 11 is 0. The van der Waals surface area contributed by atoms with E-state index in [1.54, 1.807) is 0 Å². The van der Waals surface area contributed by atoms with Crippen LogP contribution in [0.5, 0.6) is 0 Å². The second-order valence-electron chi connectivity index (χ2n) is 5.81. The number of piperazine rings is 1. The number of rotatable bonds is 7. The molecule has 0 aliphatic carbocycles. The fraction of sp³-hybridized carbons (Fsp3) is 0.625. The molecule has 0 radical (unpaired) electrons. The molecule has 0 amide bonds. The summed E-state index contributed by atoms with van der Waals surface area (Å²) < 4.78 is 26.4. The highest BCUT2D eigenvalue weighted by Crippen LogP contribution is 2.21. The van der Waals surface area contributed by atoms with Crippen molar-refractivity contribution in [3.63, 3.8) is 0 Å². The van der Waals surface area contributed by atoms with E-state index in [4.69, 9.17) is 0 Å². The topological polar surface area (TPSA) is 69.5 Å². The summed E-state index contributed by atoms with van der Waals surface area (Å²) in [5.74, 6) is 1.07. The zero-order valence-electron chi connectivity index (χ0n) is 15.0. The van der Waals surface area contributed by atoms with Crippen molar-refractivity contribution in [1.29, 1.82) is 0 Å². The number of halogens is 2. The van der Waals surface area contributed by atoms with Crippen molar-refractivity contribution in [2.45, 2.75) is 19.8 Å². The van der Waals surface area contributed by atoms with Crippen LogP contribution in [0.15, 0.2) is 11.6 Å². The minimum absolute atomic E-state index is 0.0300. The van der Waals surface area contributed by atoms with Crippen LogP contribution >= 0.6 is 0 Å². The summed E-state index contributed by atoms with van der Waals surface area (Å²) in [6, 6.07) is 0. The molecule has 2 heterocycles. The molecule has 1 aromatic rings. The molecule has 0 bridgehead atoms. The molecule has 138 valence electrons. The van der Waals surface area contributed by atoms with Crippen molar-refractivity contribution in [2.24, 2.45) is 4.99 Å². The van der Waals surface area contributed by atoms with Crippen LogP contribution in [0.2, 0.25) is 0 Å². The second-order valence-corrected chi connectivity index (χ2v) is 5.81. The number of anilines is 2. The Morgan fingerprint density at radius 3 is 2.56 bits per heavy atom. The predicted molar refractivity (Wildman–Crippen MR) is 96.9 cm³/mol. The van der Waals surface area contributed by atoms with Gasteiger partial charge in [-0.25, -0.2) is 8.78 Å². The van der Waals surface area contributed by atoms with Gasteiger partial charge in [-0.2, -0.15) is 15.0 Å². The number of aromatic nitrogens is 3. The maximum absolute atomic E-state index is 13.2. The lowest BCUT2D eigenvalue weighted by molar-refractivity contribution is 0.227. The summed E-state index contributed by atoms with van der Waals surface area (Å²) in [5.41, 5.74) is -0.371. The summed E-state index contributed by atoms with van der Waals surface area (Å²) in [6.45, 7) is 9.67. The molecular weight excluding hydrogens is 328 g/mol. The fourth-order valence-corrected chi connectivity index (χ4v) is 2.58. The standard InChI is InChI=1S/C16H25F2N7/c1-5-8-24(4)15-21-14(11(2)12(19-3)13(17)18)22-16(23-15)25-9-6-20-7-10-25/h13,20H,2,5-10H2,1,3-4H3. The Morgan fingerprint density at radius 1 is 1.32 bits per heavy atom. The van der Waals surface area contributed by atoms with Crippen molar-refractivity contribution < 1.29 is 8.78 Å². The molecule has 25 heavy (non-hydrogen) atoms. The highest BCUT2D eigenvalue weighted by molar-refractivity contribution is 6.23. The van der Waals surface area contributed by atoms with Gasteiger partial charge in [-0.15, -0.1) is 0 Å². The highest BCUT2D eigenvalue weighted by Gasteiger charge is 2.23. The van der Waals surface area contributed by atoms with Gasteiger partial charge in [0.25, 0.3) is 6.43 Å². The quantitative estimate of drug-likeness (QED) is 0.749. The largest absolute Gasteiger partial charge is 0.344 e. The minimum Gasteiger partial charge on any atom is -0.344 e. The molecular formula is C16H25F2N7. The van der Waals surface area contributed by atoms with Crippen LogP contribution in [0, 0.1) is 0 Å². The van der Waals surface area contributed by atoms with Crippen LogP contribution in [0.25, 0.3) is 5.57 Å². The molecule has 9 heteroatoms. The molecule has 1 N–H and O–H groups in total. The van der Waals surface area contributed by atoms with Gasteiger partial charge in [0.2, 0.25) is 11.9 Å². The summed E-state index contributed by atoms with van der Waals surface area (Å²) in [7, 11) is 3.18. The van der Waals surface area contributed by atoms with Gasteiger partial charge in [-0.05, 0) is 6.42 Å². The molecule has 1 fully saturated rings. The Hall–Kier alpha value is -2.16. The van der Waals surface area contributed by atoms with Crippen LogP contribution in [0.4, 0.5) is 20.7 Å². The third-order valence-electron chi connectivity index (χ3n) is 3.94. The zero-order chi connectivity index (χ0) is 18.4. The first-order valence-corrected chi connectivity index (χ1v) is 8.35. The zero-order valence-corrected chi connectivity index (χ0v) is 15.0. The number of hydrogen-bond donors (Lipinski definition) is 1. The summed E-state index contributed by atoms with van der Waals surface area (Å²) in [5, 5.41) is 3.26. The number of alkyl halides is 2. The second kappa shape index (κ2) is 8.80. The van der Waals surface area contributed by atoms with Gasteiger partial charge in [0.15, 0.2) is 5.82 Å². The normalized spacial score (nSPS) is 15.6. The van der Waals surface area contributed by atoms with Gasteiger partial charge in [0.1, 0.15) is 5.71 Å². The van der Waals surface area contributed by atoms with Crippen molar-refractivity contribution in [2.75, 3.05) is 56.6 Å². The van der Waals surface area contributed by atoms with E-state index in [0.717, 1.165) is 39.1 Å². The van der Waals surface area contributed by atoms with E-state index in [0.29, 0.717) is 11.9 Å². The number of hydrogen-bond acceptors (Lipinski definition) is 7. The molecule has 0 aromatic carbocycles. The predicted octanol–water partition coefficient (Wildman–Crippen LogP) is 1.48. The highest BCUT2D eigenvalue weighted by atomic mass is 19.3. The molecule has 1 saturated heterocycles. The molecule has 7 nitrogen and oxygen atoms in total. The van der Waals surface area contributed by atoms with Gasteiger partial charge in [0, 0.05) is 52.4 Å². The van der Waals surface area contributed by atoms with Crippen molar-refractivity contribution in [1.82, 2.24) is 20.3 Å². The number of allylic oxidation sites excluding steroid dienone is 1. The first kappa shape index (κ1) is 19.2. The molecule has 0 unspecified atom stereocenters. The lowest BCUT2D eigenvalue weighted by Gasteiger charge is -2.28. The van der Waals surface area contributed by atoms with E-state index in [1.807, 2.05) is 23.8 Å². The van der Waals surface area contributed by atoms with E-state index in [-0.39, 0.29) is 11.4 Å². The Kier molecular flexibility index (Phi) is 6.74. The molecule has 1 aliphatic rings. The molecule has 0 spiro atoms. The van der Waals surface area contributed by atoms with E-state index < -0.39 is 12.1 Å².